The maximum atomic E-state index is 13.1. The lowest BCUT2D eigenvalue weighted by Crippen LogP contribution is -2.43. The molecule has 1 aromatic carbocycles. The van der Waals surface area contributed by atoms with Crippen molar-refractivity contribution in [3.05, 3.63) is 35.6 Å². The normalized spacial score (nSPS) is 20.1. The monoisotopic (exact) mass is 264 g/mol. The summed E-state index contributed by atoms with van der Waals surface area (Å²) in [5.74, 6) is -0.527. The van der Waals surface area contributed by atoms with Crippen molar-refractivity contribution in [2.24, 2.45) is 0 Å². The van der Waals surface area contributed by atoms with E-state index >= 15 is 0 Å². The summed E-state index contributed by atoms with van der Waals surface area (Å²) in [5, 5.41) is 2.70. The number of halogens is 1. The van der Waals surface area contributed by atoms with Gasteiger partial charge >= 0.3 is 0 Å². The third-order valence-electron chi connectivity index (χ3n) is 3.22. The number of carbonyl (C=O) groups excluding carboxylic acids is 2. The second kappa shape index (κ2) is 5.82. The van der Waals surface area contributed by atoms with Gasteiger partial charge in [0.25, 0.3) is 0 Å². The lowest BCUT2D eigenvalue weighted by Gasteiger charge is -2.23. The highest BCUT2D eigenvalue weighted by Gasteiger charge is 2.28. The van der Waals surface area contributed by atoms with Crippen molar-refractivity contribution in [2.75, 3.05) is 6.54 Å². The number of amides is 2. The van der Waals surface area contributed by atoms with Crippen LogP contribution in [0.25, 0.3) is 0 Å². The quantitative estimate of drug-likeness (QED) is 0.898. The Kier molecular flexibility index (Phi) is 4.14. The number of hydrogen-bond acceptors (Lipinski definition) is 2. The molecule has 1 aliphatic rings. The molecule has 19 heavy (non-hydrogen) atoms. The van der Waals surface area contributed by atoms with E-state index in [9.17, 15) is 14.0 Å². The highest BCUT2D eigenvalue weighted by Crippen LogP contribution is 2.12. The largest absolute Gasteiger partial charge is 0.344 e. The summed E-state index contributed by atoms with van der Waals surface area (Å²) in [4.78, 5) is 25.3. The Labute approximate surface area is 111 Å². The Morgan fingerprint density at radius 3 is 2.89 bits per heavy atom. The summed E-state index contributed by atoms with van der Waals surface area (Å²) in [5.41, 5.74) is 0.734. The van der Waals surface area contributed by atoms with Crippen molar-refractivity contribution in [1.82, 2.24) is 10.2 Å². The summed E-state index contributed by atoms with van der Waals surface area (Å²) in [7, 11) is 0. The standard InChI is InChI=1S/C14H17FN2O2/c1-2-12-14(19)17(7-6-13(18)16-12)9-10-4-3-5-11(15)8-10/h3-5,8,12H,2,6-7,9H2,1H3,(H,16,18). The molecule has 1 aliphatic heterocycles. The van der Waals surface area contributed by atoms with E-state index in [1.807, 2.05) is 6.92 Å². The highest BCUT2D eigenvalue weighted by molar-refractivity contribution is 5.89. The molecule has 2 rings (SSSR count). The average molecular weight is 264 g/mol. The molecule has 0 spiro atoms. The molecule has 1 N–H and O–H groups in total. The number of rotatable bonds is 3. The van der Waals surface area contributed by atoms with Crippen molar-refractivity contribution in [3.63, 3.8) is 0 Å². The van der Waals surface area contributed by atoms with Crippen LogP contribution >= 0.6 is 0 Å². The molecular formula is C14H17FN2O2. The molecule has 1 atom stereocenters. The molecule has 5 heteroatoms. The first kappa shape index (κ1) is 13.5. The molecule has 2 amide bonds. The van der Waals surface area contributed by atoms with Gasteiger partial charge in [-0.3, -0.25) is 9.59 Å². The molecule has 0 bridgehead atoms. The SMILES string of the molecule is CCC1NC(=O)CCN(Cc2cccc(F)c2)C1=O. The van der Waals surface area contributed by atoms with Gasteiger partial charge in [-0.2, -0.15) is 0 Å². The molecule has 1 heterocycles. The zero-order valence-corrected chi connectivity index (χ0v) is 10.9. The van der Waals surface area contributed by atoms with Crippen LogP contribution in [-0.4, -0.2) is 29.3 Å². The molecular weight excluding hydrogens is 247 g/mol. The lowest BCUT2D eigenvalue weighted by atomic mass is 10.1. The van der Waals surface area contributed by atoms with Crippen molar-refractivity contribution in [1.29, 1.82) is 0 Å². The summed E-state index contributed by atoms with van der Waals surface area (Å²) >= 11 is 0. The minimum Gasteiger partial charge on any atom is -0.344 e. The van der Waals surface area contributed by atoms with Crippen molar-refractivity contribution in [3.8, 4) is 0 Å². The number of hydrogen-bond donors (Lipinski definition) is 1. The first-order chi connectivity index (χ1) is 9.10. The van der Waals surface area contributed by atoms with Crippen LogP contribution in [0.15, 0.2) is 24.3 Å². The molecule has 1 unspecified atom stereocenters. The van der Waals surface area contributed by atoms with Crippen LogP contribution in [0.3, 0.4) is 0 Å². The number of benzene rings is 1. The molecule has 102 valence electrons. The van der Waals surface area contributed by atoms with Crippen LogP contribution in [0.2, 0.25) is 0 Å². The van der Waals surface area contributed by atoms with Crippen LogP contribution < -0.4 is 5.32 Å². The highest BCUT2D eigenvalue weighted by atomic mass is 19.1. The summed E-state index contributed by atoms with van der Waals surface area (Å²) < 4.78 is 13.1. The Morgan fingerprint density at radius 2 is 2.21 bits per heavy atom. The van der Waals surface area contributed by atoms with Crippen LogP contribution in [0.4, 0.5) is 4.39 Å². The number of nitrogens with zero attached hydrogens (tertiary/aromatic N) is 1. The van der Waals surface area contributed by atoms with E-state index in [2.05, 4.69) is 5.32 Å². The van der Waals surface area contributed by atoms with Gasteiger partial charge in [-0.15, -0.1) is 0 Å². The molecule has 4 nitrogen and oxygen atoms in total. The zero-order valence-electron chi connectivity index (χ0n) is 10.9. The molecule has 1 aromatic rings. The van der Waals surface area contributed by atoms with Gasteiger partial charge in [0.05, 0.1) is 0 Å². The maximum absolute atomic E-state index is 13.1. The Bertz CT molecular complexity index is 490. The van der Waals surface area contributed by atoms with E-state index in [-0.39, 0.29) is 24.1 Å². The van der Waals surface area contributed by atoms with Gasteiger partial charge in [0, 0.05) is 19.5 Å². The van der Waals surface area contributed by atoms with Crippen LogP contribution in [0, 0.1) is 5.82 Å². The summed E-state index contributed by atoms with van der Waals surface area (Å²) in [6.45, 7) is 2.56. The summed E-state index contributed by atoms with van der Waals surface area (Å²) in [6.07, 6.45) is 0.849. The minimum atomic E-state index is -0.469. The first-order valence-electron chi connectivity index (χ1n) is 6.42. The van der Waals surface area contributed by atoms with E-state index in [0.29, 0.717) is 19.5 Å². The van der Waals surface area contributed by atoms with Gasteiger partial charge in [0.1, 0.15) is 11.9 Å². The predicted molar refractivity (Wildman–Crippen MR) is 68.7 cm³/mol. The van der Waals surface area contributed by atoms with Crippen molar-refractivity contribution < 1.29 is 14.0 Å². The van der Waals surface area contributed by atoms with Gasteiger partial charge < -0.3 is 10.2 Å². The Hall–Kier alpha value is -1.91. The topological polar surface area (TPSA) is 49.4 Å². The van der Waals surface area contributed by atoms with E-state index in [1.54, 1.807) is 17.0 Å². The summed E-state index contributed by atoms with van der Waals surface area (Å²) in [6, 6.07) is 5.70. The Morgan fingerprint density at radius 1 is 1.42 bits per heavy atom. The maximum Gasteiger partial charge on any atom is 0.245 e. The Balaban J connectivity index is 2.13. The fraction of sp³-hybridized carbons (Fsp3) is 0.429. The first-order valence-corrected chi connectivity index (χ1v) is 6.42. The molecule has 1 saturated heterocycles. The van der Waals surface area contributed by atoms with Gasteiger partial charge in [-0.05, 0) is 24.1 Å². The molecule has 0 aromatic heterocycles. The van der Waals surface area contributed by atoms with Crippen LogP contribution in [0.5, 0.6) is 0 Å². The van der Waals surface area contributed by atoms with Crippen molar-refractivity contribution >= 4 is 11.8 Å². The second-order valence-corrected chi connectivity index (χ2v) is 4.67. The third-order valence-corrected chi connectivity index (χ3v) is 3.22. The van der Waals surface area contributed by atoms with Gasteiger partial charge in [-0.1, -0.05) is 19.1 Å². The molecule has 0 aliphatic carbocycles. The zero-order chi connectivity index (χ0) is 13.8. The van der Waals surface area contributed by atoms with Crippen molar-refractivity contribution in [2.45, 2.75) is 32.4 Å². The van der Waals surface area contributed by atoms with E-state index in [0.717, 1.165) is 5.56 Å². The van der Waals surface area contributed by atoms with E-state index in [4.69, 9.17) is 0 Å². The lowest BCUT2D eigenvalue weighted by molar-refractivity contribution is -0.134. The van der Waals surface area contributed by atoms with E-state index < -0.39 is 6.04 Å². The fourth-order valence-electron chi connectivity index (χ4n) is 2.18. The molecule has 1 fully saturated rings. The molecule has 0 saturated carbocycles. The van der Waals surface area contributed by atoms with Crippen LogP contribution in [0.1, 0.15) is 25.3 Å². The smallest absolute Gasteiger partial charge is 0.245 e. The number of carbonyl (C=O) groups is 2. The third kappa shape index (κ3) is 3.30. The predicted octanol–water partition coefficient (Wildman–Crippen LogP) is 1.45. The van der Waals surface area contributed by atoms with Gasteiger partial charge in [0.15, 0.2) is 0 Å². The second-order valence-electron chi connectivity index (χ2n) is 4.67. The number of nitrogens with one attached hydrogen (secondary N) is 1. The minimum absolute atomic E-state index is 0.0994. The molecule has 0 radical (unpaired) electrons. The van der Waals surface area contributed by atoms with Crippen LogP contribution in [-0.2, 0) is 16.1 Å². The van der Waals surface area contributed by atoms with Gasteiger partial charge in [-0.25, -0.2) is 4.39 Å². The van der Waals surface area contributed by atoms with Gasteiger partial charge in [0.2, 0.25) is 11.8 Å². The van der Waals surface area contributed by atoms with E-state index in [1.165, 1.54) is 12.1 Å². The average Bonchev–Trinajstić information content (AvgIpc) is 2.52. The fourth-order valence-corrected chi connectivity index (χ4v) is 2.18.